The molecule has 8 nitrogen and oxygen atoms in total. The normalized spacial score (nSPS) is 15.0. The molecule has 4 N–H and O–H groups in total. The number of phenols is 1. The number of rotatable bonds is 2. The number of benzene rings is 1. The van der Waals surface area contributed by atoms with Gasteiger partial charge in [-0.25, -0.2) is 9.78 Å². The maximum atomic E-state index is 11.4. The van der Waals surface area contributed by atoms with Crippen LogP contribution in [0, 0.1) is 0 Å². The Hall–Kier alpha value is -3.94. The number of hydrogen-bond donors (Lipinski definition) is 4. The van der Waals surface area contributed by atoms with Crippen LogP contribution in [0.5, 0.6) is 5.75 Å². The lowest BCUT2D eigenvalue weighted by Crippen LogP contribution is -2.13. The van der Waals surface area contributed by atoms with Crippen LogP contribution in [-0.2, 0) is 0 Å². The Morgan fingerprint density at radius 1 is 1.19 bits per heavy atom. The second-order valence-electron chi connectivity index (χ2n) is 6.28. The molecule has 8 heteroatoms. The lowest BCUT2D eigenvalue weighted by molar-refractivity contribution is 0.0693. The molecule has 27 heavy (non-hydrogen) atoms. The minimum absolute atomic E-state index is 0.153. The van der Waals surface area contributed by atoms with Crippen LogP contribution in [0.25, 0.3) is 22.2 Å². The van der Waals surface area contributed by atoms with Gasteiger partial charge in [-0.1, -0.05) is 6.07 Å². The first-order valence-corrected chi connectivity index (χ1v) is 8.24. The third kappa shape index (κ3) is 2.23. The van der Waals surface area contributed by atoms with Crippen molar-refractivity contribution in [2.24, 2.45) is 0 Å². The highest BCUT2D eigenvalue weighted by Crippen LogP contribution is 2.42. The molecule has 1 aliphatic rings. The van der Waals surface area contributed by atoms with E-state index in [-0.39, 0.29) is 17.4 Å². The standard InChI is InChI=1S/C19H13N5O3/c25-14-4-3-9(6-11(14)19(26)27)16-13-7-21-18-15(13)12(8-22-24-18)10-2-1-5-20-17(10)23-16/h1-8,16,25H,(H,20,23)(H,21,24)(H,26,27). The average molecular weight is 359 g/mol. The van der Waals surface area contributed by atoms with Crippen LogP contribution in [0.15, 0.2) is 48.9 Å². The minimum atomic E-state index is -1.19. The van der Waals surface area contributed by atoms with E-state index in [1.807, 2.05) is 18.3 Å². The van der Waals surface area contributed by atoms with Gasteiger partial charge in [0.25, 0.3) is 0 Å². The Morgan fingerprint density at radius 3 is 2.93 bits per heavy atom. The molecule has 4 heterocycles. The predicted molar refractivity (Wildman–Crippen MR) is 97.7 cm³/mol. The number of pyridine rings is 1. The number of H-pyrrole nitrogens is 1. The van der Waals surface area contributed by atoms with Gasteiger partial charge in [-0.2, -0.15) is 5.10 Å². The maximum Gasteiger partial charge on any atom is 0.339 e. The molecule has 5 rings (SSSR count). The van der Waals surface area contributed by atoms with Crippen molar-refractivity contribution >= 4 is 22.8 Å². The van der Waals surface area contributed by atoms with Gasteiger partial charge in [-0.3, -0.25) is 0 Å². The Bertz CT molecular complexity index is 1220. The average Bonchev–Trinajstić information content (AvgIpc) is 3.04. The number of aromatic amines is 1. The SMILES string of the molecule is O=C(O)c1cc(C2Nc3ncccc3-c3cnnc4[nH]cc2c34)ccc1O. The van der Waals surface area contributed by atoms with Gasteiger partial charge in [0.1, 0.15) is 17.1 Å². The number of nitrogens with one attached hydrogen (secondary N) is 2. The minimum Gasteiger partial charge on any atom is -0.507 e. The molecular weight excluding hydrogens is 346 g/mol. The summed E-state index contributed by atoms with van der Waals surface area (Å²) in [5, 5.41) is 31.7. The molecule has 0 radical (unpaired) electrons. The lowest BCUT2D eigenvalue weighted by Gasteiger charge is -2.19. The third-order valence-electron chi connectivity index (χ3n) is 4.78. The summed E-state index contributed by atoms with van der Waals surface area (Å²) in [6.07, 6.45) is 5.22. The molecule has 132 valence electrons. The fourth-order valence-corrected chi connectivity index (χ4v) is 3.55. The fourth-order valence-electron chi connectivity index (χ4n) is 3.55. The first-order chi connectivity index (χ1) is 13.1. The van der Waals surface area contributed by atoms with Crippen molar-refractivity contribution in [2.75, 3.05) is 5.32 Å². The molecule has 1 unspecified atom stereocenters. The summed E-state index contributed by atoms with van der Waals surface area (Å²) >= 11 is 0. The molecule has 0 bridgehead atoms. The van der Waals surface area contributed by atoms with Crippen molar-refractivity contribution in [1.82, 2.24) is 20.2 Å². The van der Waals surface area contributed by atoms with E-state index in [0.717, 1.165) is 22.1 Å². The van der Waals surface area contributed by atoms with Gasteiger partial charge in [-0.05, 0) is 29.8 Å². The highest BCUT2D eigenvalue weighted by atomic mass is 16.4. The van der Waals surface area contributed by atoms with Crippen molar-refractivity contribution < 1.29 is 15.0 Å². The van der Waals surface area contributed by atoms with E-state index >= 15 is 0 Å². The number of hydrogen-bond acceptors (Lipinski definition) is 6. The largest absolute Gasteiger partial charge is 0.507 e. The molecule has 0 amide bonds. The number of aromatic nitrogens is 4. The molecule has 1 atom stereocenters. The van der Waals surface area contributed by atoms with E-state index in [1.54, 1.807) is 18.5 Å². The topological polar surface area (TPSA) is 124 Å². The lowest BCUT2D eigenvalue weighted by atomic mass is 9.96. The first kappa shape index (κ1) is 15.3. The molecule has 0 fully saturated rings. The number of fused-ring (bicyclic) bond motifs is 2. The fraction of sp³-hybridized carbons (Fsp3) is 0.0526. The van der Waals surface area contributed by atoms with E-state index in [2.05, 4.69) is 25.5 Å². The summed E-state index contributed by atoms with van der Waals surface area (Å²) in [6, 6.07) is 7.97. The predicted octanol–water partition coefficient (Wildman–Crippen LogP) is 2.94. The van der Waals surface area contributed by atoms with E-state index in [0.29, 0.717) is 17.0 Å². The Morgan fingerprint density at radius 2 is 2.07 bits per heavy atom. The van der Waals surface area contributed by atoms with Gasteiger partial charge < -0.3 is 20.5 Å². The number of nitrogens with zero attached hydrogens (tertiary/aromatic N) is 3. The number of carboxylic acid groups (broad SMARTS) is 1. The molecule has 0 saturated carbocycles. The van der Waals surface area contributed by atoms with Gasteiger partial charge in [0.05, 0.1) is 12.2 Å². The van der Waals surface area contributed by atoms with Crippen molar-refractivity contribution in [3.8, 4) is 16.9 Å². The number of carboxylic acids is 1. The summed E-state index contributed by atoms with van der Waals surface area (Å²) in [6.45, 7) is 0. The van der Waals surface area contributed by atoms with Crippen LogP contribution in [0.3, 0.4) is 0 Å². The number of anilines is 1. The van der Waals surface area contributed by atoms with Crippen LogP contribution < -0.4 is 5.32 Å². The molecule has 4 aromatic rings. The Balaban J connectivity index is 1.80. The quantitative estimate of drug-likeness (QED) is 0.434. The summed E-state index contributed by atoms with van der Waals surface area (Å²) < 4.78 is 0. The monoisotopic (exact) mass is 359 g/mol. The van der Waals surface area contributed by atoms with Crippen LogP contribution in [-0.4, -0.2) is 36.3 Å². The third-order valence-corrected chi connectivity index (χ3v) is 4.78. The number of aromatic carboxylic acids is 1. The molecule has 0 aliphatic carbocycles. The highest BCUT2D eigenvalue weighted by molar-refractivity contribution is 6.00. The smallest absolute Gasteiger partial charge is 0.339 e. The van der Waals surface area contributed by atoms with Gasteiger partial charge in [0.2, 0.25) is 0 Å². The zero-order valence-corrected chi connectivity index (χ0v) is 13.8. The zero-order chi connectivity index (χ0) is 18.5. The maximum absolute atomic E-state index is 11.4. The van der Waals surface area contributed by atoms with E-state index in [4.69, 9.17) is 0 Å². The number of carbonyl (C=O) groups is 1. The van der Waals surface area contributed by atoms with Gasteiger partial charge in [0, 0.05) is 34.5 Å². The molecular formula is C19H13N5O3. The summed E-state index contributed by atoms with van der Waals surface area (Å²) in [4.78, 5) is 19.0. The summed E-state index contributed by atoms with van der Waals surface area (Å²) in [5.41, 5.74) is 3.86. The molecule has 1 aromatic carbocycles. The van der Waals surface area contributed by atoms with E-state index < -0.39 is 5.97 Å². The van der Waals surface area contributed by atoms with Crippen molar-refractivity contribution in [2.45, 2.75) is 6.04 Å². The van der Waals surface area contributed by atoms with Crippen molar-refractivity contribution in [3.63, 3.8) is 0 Å². The number of aromatic hydroxyl groups is 1. The Kier molecular flexibility index (Phi) is 3.14. The molecule has 3 aromatic heterocycles. The van der Waals surface area contributed by atoms with Crippen molar-refractivity contribution in [3.05, 3.63) is 65.6 Å². The van der Waals surface area contributed by atoms with Crippen LogP contribution in [0.1, 0.15) is 27.5 Å². The zero-order valence-electron chi connectivity index (χ0n) is 13.8. The summed E-state index contributed by atoms with van der Waals surface area (Å²) in [5.74, 6) is -0.797. The van der Waals surface area contributed by atoms with Crippen LogP contribution in [0.2, 0.25) is 0 Å². The second kappa shape index (κ2) is 5.53. The van der Waals surface area contributed by atoms with Crippen LogP contribution >= 0.6 is 0 Å². The first-order valence-electron chi connectivity index (χ1n) is 8.24. The van der Waals surface area contributed by atoms with Crippen LogP contribution in [0.4, 0.5) is 5.82 Å². The summed E-state index contributed by atoms with van der Waals surface area (Å²) in [7, 11) is 0. The molecule has 0 spiro atoms. The van der Waals surface area contributed by atoms with E-state index in [9.17, 15) is 15.0 Å². The van der Waals surface area contributed by atoms with Gasteiger partial charge in [-0.15, -0.1) is 5.10 Å². The van der Waals surface area contributed by atoms with E-state index in [1.165, 1.54) is 12.1 Å². The Labute approximate surface area is 152 Å². The van der Waals surface area contributed by atoms with Gasteiger partial charge in [0.15, 0.2) is 5.65 Å². The molecule has 0 saturated heterocycles. The molecule has 1 aliphatic heterocycles. The van der Waals surface area contributed by atoms with Crippen molar-refractivity contribution in [1.29, 1.82) is 0 Å². The van der Waals surface area contributed by atoms with Gasteiger partial charge >= 0.3 is 5.97 Å². The highest BCUT2D eigenvalue weighted by Gasteiger charge is 2.27. The second-order valence-corrected chi connectivity index (χ2v) is 6.28.